The predicted octanol–water partition coefficient (Wildman–Crippen LogP) is 4.15. The van der Waals surface area contributed by atoms with Crippen molar-refractivity contribution < 1.29 is 18.3 Å². The number of rotatable bonds is 8. The van der Waals surface area contributed by atoms with Gasteiger partial charge in [-0.05, 0) is 61.0 Å². The van der Waals surface area contributed by atoms with E-state index in [0.29, 0.717) is 34.0 Å². The predicted molar refractivity (Wildman–Crippen MR) is 137 cm³/mol. The molecule has 182 valence electrons. The smallest absolute Gasteiger partial charge is 0.269 e. The first-order valence-electron chi connectivity index (χ1n) is 11.2. The minimum Gasteiger partial charge on any atom is -0.491 e. The number of aromatic nitrogens is 4. The quantitative estimate of drug-likeness (QED) is 0.325. The number of aryl methyl sites for hydroxylation is 1. The highest BCUT2D eigenvalue weighted by Gasteiger charge is 2.23. The summed E-state index contributed by atoms with van der Waals surface area (Å²) in [6.07, 6.45) is 4.72. The Kier molecular flexibility index (Phi) is 6.36. The van der Waals surface area contributed by atoms with E-state index in [0.717, 1.165) is 11.3 Å². The van der Waals surface area contributed by atoms with Crippen molar-refractivity contribution in [1.29, 1.82) is 0 Å². The molecule has 36 heavy (non-hydrogen) atoms. The summed E-state index contributed by atoms with van der Waals surface area (Å²) in [7, 11) is -3.86. The van der Waals surface area contributed by atoms with E-state index in [4.69, 9.17) is 9.84 Å². The first-order valence-corrected chi connectivity index (χ1v) is 12.6. The molecule has 0 radical (unpaired) electrons. The topological polar surface area (TPSA) is 119 Å². The molecule has 0 aliphatic rings. The van der Waals surface area contributed by atoms with E-state index >= 15 is 0 Å². The van der Waals surface area contributed by atoms with E-state index in [1.165, 1.54) is 3.97 Å². The number of ether oxygens (including phenoxy) is 1. The third kappa shape index (κ3) is 4.51. The summed E-state index contributed by atoms with van der Waals surface area (Å²) in [4.78, 5) is 13.5. The van der Waals surface area contributed by atoms with Gasteiger partial charge in [0.05, 0.1) is 17.2 Å². The summed E-state index contributed by atoms with van der Waals surface area (Å²) in [5, 5.41) is 12.8. The Morgan fingerprint density at radius 2 is 1.83 bits per heavy atom. The maximum absolute atomic E-state index is 13.4. The second-order valence-electron chi connectivity index (χ2n) is 7.97. The molecule has 0 spiro atoms. The Bertz CT molecular complexity index is 1640. The monoisotopic (exact) mass is 501 g/mol. The molecule has 0 fully saturated rings. The zero-order valence-corrected chi connectivity index (χ0v) is 20.2. The van der Waals surface area contributed by atoms with Crippen molar-refractivity contribution in [2.24, 2.45) is 0 Å². The zero-order chi connectivity index (χ0) is 25.1. The van der Waals surface area contributed by atoms with Crippen LogP contribution in [0.2, 0.25) is 0 Å². The molecular formula is C26H23N5O4S. The molecule has 0 unspecified atom stereocenters. The highest BCUT2D eigenvalue weighted by Crippen LogP contribution is 2.32. The van der Waals surface area contributed by atoms with Gasteiger partial charge in [-0.2, -0.15) is 0 Å². The van der Waals surface area contributed by atoms with Gasteiger partial charge in [0.25, 0.3) is 10.0 Å². The lowest BCUT2D eigenvalue weighted by molar-refractivity contribution is 0.201. The molecule has 0 aliphatic heterocycles. The van der Waals surface area contributed by atoms with Crippen molar-refractivity contribution in [3.05, 3.63) is 90.9 Å². The molecule has 0 aliphatic carbocycles. The molecule has 9 nitrogen and oxygen atoms in total. The second kappa shape index (κ2) is 9.76. The SMILES string of the molecule is Cc1cc(OCCO)ccc1Nc1nccc(-c2cn(S(=O)(=O)c3ccccc3)c3ncccc23)n1. The first-order chi connectivity index (χ1) is 17.5. The van der Waals surface area contributed by atoms with Gasteiger partial charge in [0.2, 0.25) is 5.95 Å². The summed E-state index contributed by atoms with van der Waals surface area (Å²) in [5.74, 6) is 1.01. The number of nitrogens with zero attached hydrogens (tertiary/aromatic N) is 4. The number of pyridine rings is 1. The Hall–Kier alpha value is -4.28. The van der Waals surface area contributed by atoms with Crippen LogP contribution in [-0.2, 0) is 10.0 Å². The fourth-order valence-corrected chi connectivity index (χ4v) is 5.19. The average molecular weight is 502 g/mol. The standard InChI is InChI=1S/C26H23N5O4S/c1-18-16-19(35-15-14-32)9-10-23(18)29-26-28-13-11-24(30-26)22-17-31(25-21(22)8-5-12-27-25)36(33,34)20-6-3-2-4-7-20/h2-13,16-17,32H,14-15H2,1H3,(H,28,29,30). The molecule has 2 aromatic carbocycles. The van der Waals surface area contributed by atoms with Gasteiger partial charge in [0.15, 0.2) is 5.65 Å². The van der Waals surface area contributed by atoms with Crippen LogP contribution in [-0.4, -0.2) is 45.7 Å². The fraction of sp³-hybridized carbons (Fsp3) is 0.115. The molecule has 0 atom stereocenters. The summed E-state index contributed by atoms with van der Waals surface area (Å²) < 4.78 is 33.4. The summed E-state index contributed by atoms with van der Waals surface area (Å²) in [6.45, 7) is 2.09. The molecule has 3 aromatic heterocycles. The molecule has 5 rings (SSSR count). The summed E-state index contributed by atoms with van der Waals surface area (Å²) in [6, 6.07) is 19.0. The Labute approximate surface area is 208 Å². The third-order valence-corrected chi connectivity index (χ3v) is 7.23. The molecule has 0 amide bonds. The van der Waals surface area contributed by atoms with E-state index in [2.05, 4.69) is 20.3 Å². The van der Waals surface area contributed by atoms with Crippen LogP contribution in [0.4, 0.5) is 11.6 Å². The molecule has 3 heterocycles. The van der Waals surface area contributed by atoms with Gasteiger partial charge in [-0.25, -0.2) is 27.3 Å². The van der Waals surface area contributed by atoms with Gasteiger partial charge in [0.1, 0.15) is 12.4 Å². The van der Waals surface area contributed by atoms with Gasteiger partial charge in [-0.15, -0.1) is 0 Å². The number of hydrogen-bond donors (Lipinski definition) is 2. The van der Waals surface area contributed by atoms with Crippen LogP contribution in [0, 0.1) is 6.92 Å². The minimum absolute atomic E-state index is 0.0573. The van der Waals surface area contributed by atoms with Crippen LogP contribution in [0.15, 0.2) is 90.2 Å². The van der Waals surface area contributed by atoms with Gasteiger partial charge < -0.3 is 15.2 Å². The van der Waals surface area contributed by atoms with Gasteiger partial charge in [0, 0.05) is 35.2 Å². The summed E-state index contributed by atoms with van der Waals surface area (Å²) >= 11 is 0. The Balaban J connectivity index is 1.52. The van der Waals surface area contributed by atoms with Crippen LogP contribution >= 0.6 is 0 Å². The highest BCUT2D eigenvalue weighted by atomic mass is 32.2. The van der Waals surface area contributed by atoms with E-state index < -0.39 is 10.0 Å². The lowest BCUT2D eigenvalue weighted by Crippen LogP contribution is -2.12. The normalized spacial score (nSPS) is 11.5. The minimum atomic E-state index is -3.86. The molecule has 5 aromatic rings. The maximum Gasteiger partial charge on any atom is 0.269 e. The van der Waals surface area contributed by atoms with Crippen molar-refractivity contribution in [3.63, 3.8) is 0 Å². The molecule has 0 saturated carbocycles. The van der Waals surface area contributed by atoms with Crippen molar-refractivity contribution >= 4 is 32.7 Å². The van der Waals surface area contributed by atoms with Crippen LogP contribution < -0.4 is 10.1 Å². The van der Waals surface area contributed by atoms with E-state index in [1.54, 1.807) is 67.1 Å². The Morgan fingerprint density at radius 3 is 2.61 bits per heavy atom. The Morgan fingerprint density at radius 1 is 1.00 bits per heavy atom. The van der Waals surface area contributed by atoms with Crippen LogP contribution in [0.5, 0.6) is 5.75 Å². The van der Waals surface area contributed by atoms with E-state index in [-0.39, 0.29) is 18.1 Å². The number of hydrogen-bond acceptors (Lipinski definition) is 8. The van der Waals surface area contributed by atoms with E-state index in [9.17, 15) is 8.42 Å². The molecular weight excluding hydrogens is 478 g/mol. The van der Waals surface area contributed by atoms with Gasteiger partial charge in [-0.1, -0.05) is 18.2 Å². The first kappa shape index (κ1) is 23.5. The number of aliphatic hydroxyl groups excluding tert-OH is 1. The van der Waals surface area contributed by atoms with E-state index in [1.807, 2.05) is 25.1 Å². The highest BCUT2D eigenvalue weighted by molar-refractivity contribution is 7.90. The lowest BCUT2D eigenvalue weighted by atomic mass is 10.1. The number of aliphatic hydroxyl groups is 1. The molecule has 10 heteroatoms. The summed E-state index contributed by atoms with van der Waals surface area (Å²) in [5.41, 5.74) is 3.19. The largest absolute Gasteiger partial charge is 0.491 e. The molecule has 0 bridgehead atoms. The van der Waals surface area contributed by atoms with Crippen LogP contribution in [0.25, 0.3) is 22.3 Å². The number of nitrogens with one attached hydrogen (secondary N) is 1. The van der Waals surface area contributed by atoms with Crippen LogP contribution in [0.3, 0.4) is 0 Å². The van der Waals surface area contributed by atoms with Gasteiger partial charge in [-0.3, -0.25) is 0 Å². The van der Waals surface area contributed by atoms with Crippen molar-refractivity contribution in [2.75, 3.05) is 18.5 Å². The number of anilines is 2. The molecule has 2 N–H and O–H groups in total. The number of benzene rings is 2. The molecule has 0 saturated heterocycles. The van der Waals surface area contributed by atoms with Crippen molar-refractivity contribution in [3.8, 4) is 17.0 Å². The van der Waals surface area contributed by atoms with Crippen molar-refractivity contribution in [1.82, 2.24) is 18.9 Å². The zero-order valence-electron chi connectivity index (χ0n) is 19.4. The fourth-order valence-electron chi connectivity index (χ4n) is 3.84. The van der Waals surface area contributed by atoms with Crippen LogP contribution in [0.1, 0.15) is 5.56 Å². The maximum atomic E-state index is 13.4. The second-order valence-corrected chi connectivity index (χ2v) is 9.79. The average Bonchev–Trinajstić information content (AvgIpc) is 3.30. The van der Waals surface area contributed by atoms with Crippen molar-refractivity contribution in [2.45, 2.75) is 11.8 Å². The number of fused-ring (bicyclic) bond motifs is 1. The third-order valence-electron chi connectivity index (χ3n) is 5.57. The van der Waals surface area contributed by atoms with Gasteiger partial charge >= 0.3 is 0 Å². The lowest BCUT2D eigenvalue weighted by Gasteiger charge is -2.11.